The number of nitrogens with zero attached hydrogens (tertiary/aromatic N) is 3. The lowest BCUT2D eigenvalue weighted by Crippen LogP contribution is -2.46. The second-order valence-electron chi connectivity index (χ2n) is 7.67. The van der Waals surface area contributed by atoms with Crippen molar-refractivity contribution in [1.29, 1.82) is 0 Å². The number of aromatic nitrogens is 1. The third-order valence-electron chi connectivity index (χ3n) is 5.72. The van der Waals surface area contributed by atoms with Gasteiger partial charge in [0.25, 0.3) is 0 Å². The van der Waals surface area contributed by atoms with E-state index in [2.05, 4.69) is 40.0 Å². The summed E-state index contributed by atoms with van der Waals surface area (Å²) in [5, 5.41) is 1.04. The Bertz CT molecular complexity index is 1030. The van der Waals surface area contributed by atoms with Crippen molar-refractivity contribution in [2.75, 3.05) is 39.8 Å². The van der Waals surface area contributed by atoms with Crippen LogP contribution in [0.2, 0.25) is 0 Å². The second-order valence-corrected chi connectivity index (χ2v) is 7.67. The Hall–Kier alpha value is -2.50. The molecule has 0 spiro atoms. The molecule has 5 heteroatoms. The van der Waals surface area contributed by atoms with Crippen LogP contribution in [0, 0.1) is 5.82 Å². The van der Waals surface area contributed by atoms with Crippen LogP contribution >= 0.6 is 0 Å². The predicted molar refractivity (Wildman–Crippen MR) is 108 cm³/mol. The number of H-pyrrole nitrogens is 1. The van der Waals surface area contributed by atoms with E-state index in [0.717, 1.165) is 66.9 Å². The minimum absolute atomic E-state index is 0.219. The van der Waals surface area contributed by atoms with E-state index in [-0.39, 0.29) is 5.82 Å². The molecule has 0 amide bonds. The van der Waals surface area contributed by atoms with E-state index >= 15 is 0 Å². The average molecular weight is 362 g/mol. The van der Waals surface area contributed by atoms with Gasteiger partial charge >= 0.3 is 0 Å². The van der Waals surface area contributed by atoms with Crippen molar-refractivity contribution < 1.29 is 4.39 Å². The molecule has 3 heterocycles. The summed E-state index contributed by atoms with van der Waals surface area (Å²) < 4.78 is 13.4. The first kappa shape index (κ1) is 16.7. The summed E-state index contributed by atoms with van der Waals surface area (Å²) >= 11 is 0. The van der Waals surface area contributed by atoms with Crippen molar-refractivity contribution in [2.45, 2.75) is 6.42 Å². The van der Waals surface area contributed by atoms with Gasteiger partial charge in [0.05, 0.1) is 5.69 Å². The first-order valence-corrected chi connectivity index (χ1v) is 9.53. The quantitative estimate of drug-likeness (QED) is 0.768. The first-order valence-electron chi connectivity index (χ1n) is 9.53. The Kier molecular flexibility index (Phi) is 4.06. The van der Waals surface area contributed by atoms with Gasteiger partial charge in [-0.05, 0) is 42.4 Å². The van der Waals surface area contributed by atoms with Crippen molar-refractivity contribution in [3.8, 4) is 11.1 Å². The normalized spacial score (nSPS) is 18.1. The fraction of sp³-hybridized carbons (Fsp3) is 0.318. The lowest BCUT2D eigenvalue weighted by Gasteiger charge is -2.32. The molecule has 27 heavy (non-hydrogen) atoms. The Morgan fingerprint density at radius 3 is 2.78 bits per heavy atom. The van der Waals surface area contributed by atoms with Crippen LogP contribution in [-0.2, 0) is 6.42 Å². The monoisotopic (exact) mass is 362 g/mol. The molecule has 138 valence electrons. The van der Waals surface area contributed by atoms with Crippen molar-refractivity contribution in [1.82, 2.24) is 14.8 Å². The minimum atomic E-state index is -0.219. The number of likely N-dealkylation sites (N-methyl/N-ethyl adjacent to an activating group) is 1. The van der Waals surface area contributed by atoms with E-state index in [4.69, 9.17) is 4.99 Å². The zero-order valence-corrected chi connectivity index (χ0v) is 15.5. The smallest absolute Gasteiger partial charge is 0.125 e. The molecule has 0 bridgehead atoms. The third kappa shape index (κ3) is 3.17. The van der Waals surface area contributed by atoms with Crippen molar-refractivity contribution in [2.24, 2.45) is 4.99 Å². The fourth-order valence-electron chi connectivity index (χ4n) is 4.11. The highest BCUT2D eigenvalue weighted by Crippen LogP contribution is 2.35. The molecule has 1 fully saturated rings. The predicted octanol–water partition coefficient (Wildman–Crippen LogP) is 3.85. The summed E-state index contributed by atoms with van der Waals surface area (Å²) in [6.07, 6.45) is 2.90. The summed E-state index contributed by atoms with van der Waals surface area (Å²) in [5.74, 6) is -0.219. The number of fused-ring (bicyclic) bond motifs is 2. The van der Waals surface area contributed by atoms with Crippen LogP contribution in [0.4, 0.5) is 10.1 Å². The van der Waals surface area contributed by atoms with E-state index < -0.39 is 0 Å². The third-order valence-corrected chi connectivity index (χ3v) is 5.72. The highest BCUT2D eigenvalue weighted by Gasteiger charge is 2.20. The largest absolute Gasteiger partial charge is 0.360 e. The second kappa shape index (κ2) is 6.59. The van der Waals surface area contributed by atoms with Gasteiger partial charge in [-0.2, -0.15) is 0 Å². The molecule has 0 aliphatic carbocycles. The van der Waals surface area contributed by atoms with Crippen LogP contribution in [0.25, 0.3) is 22.0 Å². The maximum absolute atomic E-state index is 13.4. The molecule has 1 N–H and O–H groups in total. The highest BCUT2D eigenvalue weighted by molar-refractivity contribution is 5.99. The molecule has 3 aromatic rings. The number of piperazine rings is 1. The molecule has 5 rings (SSSR count). The van der Waals surface area contributed by atoms with Gasteiger partial charge in [0.2, 0.25) is 0 Å². The van der Waals surface area contributed by atoms with E-state index in [1.54, 1.807) is 6.07 Å². The van der Waals surface area contributed by atoms with E-state index in [0.29, 0.717) is 0 Å². The Balaban J connectivity index is 1.40. The van der Waals surface area contributed by atoms with Gasteiger partial charge in [0.1, 0.15) is 5.82 Å². The van der Waals surface area contributed by atoms with Gasteiger partial charge in [-0.1, -0.05) is 12.1 Å². The minimum Gasteiger partial charge on any atom is -0.360 e. The molecule has 2 aromatic carbocycles. The van der Waals surface area contributed by atoms with Crippen LogP contribution in [0.3, 0.4) is 0 Å². The standard InChI is InChI=1S/C22H23FN4/c1-26-6-8-27(9-7-26)14-18-10-16-3-2-15(11-21(16)25-18)20-13-24-22-12-17(23)4-5-19(20)22/h2-5,11-13,24H,6-10,14H2,1H3. The van der Waals surface area contributed by atoms with E-state index in [1.807, 2.05) is 12.3 Å². The summed E-state index contributed by atoms with van der Waals surface area (Å²) in [4.78, 5) is 13.0. The fourth-order valence-corrected chi connectivity index (χ4v) is 4.11. The highest BCUT2D eigenvalue weighted by atomic mass is 19.1. The Labute approximate surface area is 158 Å². The Morgan fingerprint density at radius 2 is 1.93 bits per heavy atom. The Morgan fingerprint density at radius 1 is 1.07 bits per heavy atom. The van der Waals surface area contributed by atoms with Gasteiger partial charge in [-0.15, -0.1) is 0 Å². The van der Waals surface area contributed by atoms with E-state index in [9.17, 15) is 4.39 Å². The SMILES string of the molecule is CN1CCN(CC2=Nc3cc(-c4c[nH]c5cc(F)ccc45)ccc3C2)CC1. The number of hydrogen-bond acceptors (Lipinski definition) is 3. The summed E-state index contributed by atoms with van der Waals surface area (Å²) in [6.45, 7) is 5.45. The van der Waals surface area contributed by atoms with Crippen LogP contribution in [0.5, 0.6) is 0 Å². The van der Waals surface area contributed by atoms with Gasteiger partial charge in [-0.25, -0.2) is 4.39 Å². The van der Waals surface area contributed by atoms with Crippen LogP contribution < -0.4 is 0 Å². The van der Waals surface area contributed by atoms with Gasteiger partial charge < -0.3 is 9.88 Å². The van der Waals surface area contributed by atoms with Gasteiger partial charge in [0.15, 0.2) is 0 Å². The van der Waals surface area contributed by atoms with Gasteiger partial charge in [-0.3, -0.25) is 9.89 Å². The molecule has 1 saturated heterocycles. The van der Waals surface area contributed by atoms with Crippen molar-refractivity contribution in [3.63, 3.8) is 0 Å². The zero-order chi connectivity index (χ0) is 18.4. The van der Waals surface area contributed by atoms with Gasteiger partial charge in [0, 0.05) is 67.5 Å². The maximum atomic E-state index is 13.4. The molecular formula is C22H23FN4. The lowest BCUT2D eigenvalue weighted by atomic mass is 10.0. The molecule has 0 unspecified atom stereocenters. The number of nitrogens with one attached hydrogen (secondary N) is 1. The number of rotatable bonds is 3. The number of aliphatic imine (C=N–C) groups is 1. The molecular weight excluding hydrogens is 339 g/mol. The molecule has 0 atom stereocenters. The number of halogens is 1. The summed E-state index contributed by atoms with van der Waals surface area (Å²) in [7, 11) is 2.18. The molecule has 2 aliphatic heterocycles. The van der Waals surface area contributed by atoms with E-state index in [1.165, 1.54) is 17.3 Å². The first-order chi connectivity index (χ1) is 13.2. The zero-order valence-electron chi connectivity index (χ0n) is 15.5. The number of aromatic amines is 1. The molecule has 4 nitrogen and oxygen atoms in total. The number of hydrogen-bond donors (Lipinski definition) is 1. The lowest BCUT2D eigenvalue weighted by molar-refractivity contribution is 0.170. The molecule has 0 saturated carbocycles. The number of benzene rings is 2. The van der Waals surface area contributed by atoms with Crippen LogP contribution in [-0.4, -0.2) is 60.3 Å². The molecule has 0 radical (unpaired) electrons. The van der Waals surface area contributed by atoms with Crippen molar-refractivity contribution in [3.05, 3.63) is 54.0 Å². The topological polar surface area (TPSA) is 34.6 Å². The molecule has 1 aromatic heterocycles. The van der Waals surface area contributed by atoms with Crippen molar-refractivity contribution >= 4 is 22.3 Å². The van der Waals surface area contributed by atoms with Crippen LogP contribution in [0.1, 0.15) is 5.56 Å². The average Bonchev–Trinajstić information content (AvgIpc) is 3.25. The maximum Gasteiger partial charge on any atom is 0.125 e. The summed E-state index contributed by atoms with van der Waals surface area (Å²) in [5.41, 5.74) is 6.67. The van der Waals surface area contributed by atoms with Crippen LogP contribution in [0.15, 0.2) is 47.6 Å². The molecule has 2 aliphatic rings. The summed E-state index contributed by atoms with van der Waals surface area (Å²) in [6, 6.07) is 11.4.